The molecule has 1 aliphatic rings. The molecule has 0 amide bonds. The second-order valence-electron chi connectivity index (χ2n) is 5.38. The van der Waals surface area contributed by atoms with Crippen molar-refractivity contribution >= 4 is 5.97 Å². The summed E-state index contributed by atoms with van der Waals surface area (Å²) in [6.07, 6.45) is 0.977. The van der Waals surface area contributed by atoms with Gasteiger partial charge >= 0.3 is 5.97 Å². The molecule has 1 fully saturated rings. The summed E-state index contributed by atoms with van der Waals surface area (Å²) in [5.74, 6) is -1.12. The first-order valence-corrected chi connectivity index (χ1v) is 4.89. The standard InChI is InChI=1S/C10H19NO3/c1-9(2)5-7(8(12)13)6-10(3,4)11(9)14/h7,14H,5-6H2,1-4H3,(H,12,13)/i11+1. The molecule has 1 rings (SSSR count). The van der Waals surface area contributed by atoms with Gasteiger partial charge in [-0.2, -0.15) is 5.06 Å². The van der Waals surface area contributed by atoms with Crippen molar-refractivity contribution in [1.82, 2.24) is 5.06 Å². The summed E-state index contributed by atoms with van der Waals surface area (Å²) in [4.78, 5) is 10.9. The van der Waals surface area contributed by atoms with E-state index in [9.17, 15) is 10.0 Å². The number of hydrogen-bond acceptors (Lipinski definition) is 3. The van der Waals surface area contributed by atoms with E-state index in [-0.39, 0.29) is 5.92 Å². The molecule has 4 heteroatoms. The Balaban J connectivity index is 2.91. The van der Waals surface area contributed by atoms with Gasteiger partial charge in [-0.05, 0) is 40.5 Å². The zero-order valence-corrected chi connectivity index (χ0v) is 9.24. The number of carboxylic acid groups (broad SMARTS) is 1. The van der Waals surface area contributed by atoms with Crippen LogP contribution in [0.25, 0.3) is 0 Å². The highest BCUT2D eigenvalue weighted by Crippen LogP contribution is 2.39. The van der Waals surface area contributed by atoms with Gasteiger partial charge < -0.3 is 10.3 Å². The van der Waals surface area contributed by atoms with Crippen LogP contribution in [0.2, 0.25) is 0 Å². The minimum atomic E-state index is -0.765. The Kier molecular flexibility index (Phi) is 2.63. The van der Waals surface area contributed by atoms with Crippen LogP contribution in [0.4, 0.5) is 0 Å². The van der Waals surface area contributed by atoms with Crippen LogP contribution in [0.15, 0.2) is 0 Å². The monoisotopic (exact) mass is 202 g/mol. The number of piperidine rings is 1. The van der Waals surface area contributed by atoms with Crippen LogP contribution in [-0.2, 0) is 4.79 Å². The van der Waals surface area contributed by atoms with Gasteiger partial charge in [0.1, 0.15) is 0 Å². The largest absolute Gasteiger partial charge is 0.481 e. The highest BCUT2D eigenvalue weighted by atomic mass is 16.8. The van der Waals surface area contributed by atoms with E-state index in [2.05, 4.69) is 0 Å². The van der Waals surface area contributed by atoms with Gasteiger partial charge in [-0.1, -0.05) is 0 Å². The van der Waals surface area contributed by atoms with E-state index in [0.717, 1.165) is 0 Å². The number of aliphatic carboxylic acids is 1. The molecule has 1 saturated heterocycles. The highest BCUT2D eigenvalue weighted by Gasteiger charge is 2.47. The first-order valence-electron chi connectivity index (χ1n) is 4.89. The second-order valence-corrected chi connectivity index (χ2v) is 5.38. The zero-order chi connectivity index (χ0) is 11.1. The molecule has 0 spiro atoms. The Morgan fingerprint density at radius 2 is 1.57 bits per heavy atom. The molecule has 0 unspecified atom stereocenters. The van der Waals surface area contributed by atoms with Gasteiger partial charge in [-0.25, -0.2) is 0 Å². The van der Waals surface area contributed by atoms with Gasteiger partial charge in [0.15, 0.2) is 0 Å². The van der Waals surface area contributed by atoms with Crippen LogP contribution in [0, 0.1) is 5.92 Å². The van der Waals surface area contributed by atoms with Crippen LogP contribution in [0.1, 0.15) is 40.5 Å². The van der Waals surface area contributed by atoms with Crippen LogP contribution in [-0.4, -0.2) is 32.4 Å². The molecule has 1 heterocycles. The number of carboxylic acids is 1. The Labute approximate surface area is 84.5 Å². The van der Waals surface area contributed by atoms with E-state index in [1.807, 2.05) is 27.7 Å². The van der Waals surface area contributed by atoms with Gasteiger partial charge in [-0.15, -0.1) is 0 Å². The molecule has 0 atom stereocenters. The van der Waals surface area contributed by atoms with E-state index in [1.54, 1.807) is 0 Å². The Bertz CT molecular complexity index is 230. The third-order valence-corrected chi connectivity index (χ3v) is 2.99. The molecule has 0 aromatic rings. The summed E-state index contributed by atoms with van der Waals surface area (Å²) < 4.78 is 0. The normalized spacial score (nSPS) is 27.5. The second kappa shape index (κ2) is 3.21. The van der Waals surface area contributed by atoms with Gasteiger partial charge in [0.05, 0.1) is 5.92 Å². The summed E-state index contributed by atoms with van der Waals surface area (Å²) in [7, 11) is 0. The van der Waals surface area contributed by atoms with Gasteiger partial charge in [0, 0.05) is 11.1 Å². The molecule has 82 valence electrons. The molecule has 0 aromatic heterocycles. The van der Waals surface area contributed by atoms with Gasteiger partial charge in [0.2, 0.25) is 0 Å². The molecule has 2 N–H and O–H groups in total. The minimum Gasteiger partial charge on any atom is -0.481 e. The summed E-state index contributed by atoms with van der Waals surface area (Å²) in [6, 6.07) is 0. The van der Waals surface area contributed by atoms with E-state index >= 15 is 0 Å². The first kappa shape index (κ1) is 11.5. The molecule has 4 nitrogen and oxygen atoms in total. The molecule has 0 aliphatic carbocycles. The molecular weight excluding hydrogens is 183 g/mol. The quantitative estimate of drug-likeness (QED) is 0.636. The average Bonchev–Trinajstić information content (AvgIpc) is 1.98. The number of carbonyl (C=O) groups is 1. The van der Waals surface area contributed by atoms with Gasteiger partial charge in [0.25, 0.3) is 0 Å². The summed E-state index contributed by atoms with van der Waals surface area (Å²) in [5.41, 5.74) is -0.935. The maximum atomic E-state index is 10.9. The predicted molar refractivity (Wildman–Crippen MR) is 52.1 cm³/mol. The van der Waals surface area contributed by atoms with Crippen molar-refractivity contribution in [1.29, 1.82) is 0 Å². The zero-order valence-electron chi connectivity index (χ0n) is 9.24. The number of hydrogen-bond donors (Lipinski definition) is 2. The molecular formula is C10H19NO3. The van der Waals surface area contributed by atoms with Crippen molar-refractivity contribution in [3.63, 3.8) is 0 Å². The maximum Gasteiger partial charge on any atom is 0.306 e. The first-order chi connectivity index (χ1) is 6.17. The molecule has 0 saturated carbocycles. The SMILES string of the molecule is CC1(C)CC(C(=O)O)CC(C)(C)[15N]1O. The molecule has 0 aromatic carbocycles. The summed E-state index contributed by atoms with van der Waals surface area (Å²) in [5, 5.41) is 20.2. The maximum absolute atomic E-state index is 10.9. The number of hydroxylamine groups is 2. The molecule has 1 aliphatic heterocycles. The van der Waals surface area contributed by atoms with Crippen molar-refractivity contribution in [2.24, 2.45) is 5.92 Å². The minimum absolute atomic E-state index is 0.358. The van der Waals surface area contributed by atoms with Crippen molar-refractivity contribution in [2.45, 2.75) is 51.6 Å². The predicted octanol–water partition coefficient (Wildman–Crippen LogP) is 1.73. The highest BCUT2D eigenvalue weighted by molar-refractivity contribution is 5.70. The lowest BCUT2D eigenvalue weighted by Gasteiger charge is -2.50. The lowest BCUT2D eigenvalue weighted by molar-refractivity contribution is -0.251. The number of rotatable bonds is 1. The molecule has 0 bridgehead atoms. The Morgan fingerprint density at radius 3 is 1.86 bits per heavy atom. The third kappa shape index (κ3) is 1.91. The molecule has 14 heavy (non-hydrogen) atoms. The molecule has 0 radical (unpaired) electrons. The lowest BCUT2D eigenvalue weighted by Crippen LogP contribution is -2.59. The van der Waals surface area contributed by atoms with E-state index < -0.39 is 17.0 Å². The smallest absolute Gasteiger partial charge is 0.306 e. The van der Waals surface area contributed by atoms with Crippen molar-refractivity contribution < 1.29 is 15.1 Å². The Morgan fingerprint density at radius 1 is 1.21 bits per heavy atom. The summed E-state index contributed by atoms with van der Waals surface area (Å²) >= 11 is 0. The van der Waals surface area contributed by atoms with Crippen LogP contribution < -0.4 is 0 Å². The lowest BCUT2D eigenvalue weighted by atomic mass is 9.78. The van der Waals surface area contributed by atoms with E-state index in [0.29, 0.717) is 12.8 Å². The van der Waals surface area contributed by atoms with E-state index in [1.165, 1.54) is 5.06 Å². The average molecular weight is 202 g/mol. The number of nitrogens with zero attached hydrogens (tertiary/aromatic N) is 1. The van der Waals surface area contributed by atoms with Crippen LogP contribution >= 0.6 is 0 Å². The fourth-order valence-electron chi connectivity index (χ4n) is 2.45. The van der Waals surface area contributed by atoms with E-state index in [4.69, 9.17) is 5.11 Å². The fourth-order valence-corrected chi connectivity index (χ4v) is 2.45. The summed E-state index contributed by atoms with van der Waals surface area (Å²) in [6.45, 7) is 7.46. The fraction of sp³-hybridized carbons (Fsp3) is 0.900. The van der Waals surface area contributed by atoms with Gasteiger partial charge in [-0.3, -0.25) is 4.79 Å². The Hall–Kier alpha value is -0.610. The topological polar surface area (TPSA) is 60.8 Å². The van der Waals surface area contributed by atoms with Crippen molar-refractivity contribution in [3.05, 3.63) is 0 Å². The van der Waals surface area contributed by atoms with Crippen molar-refractivity contribution in [3.8, 4) is 0 Å². The van der Waals surface area contributed by atoms with Crippen molar-refractivity contribution in [2.75, 3.05) is 0 Å². The van der Waals surface area contributed by atoms with Crippen LogP contribution in [0.5, 0.6) is 0 Å². The third-order valence-electron chi connectivity index (χ3n) is 2.99. The van der Waals surface area contributed by atoms with Crippen LogP contribution in [0.3, 0.4) is 0 Å².